The molecule has 1 aliphatic carbocycles. The number of nitro groups is 1. The van der Waals surface area contributed by atoms with E-state index in [9.17, 15) is 10.1 Å². The maximum absolute atomic E-state index is 11.3. The lowest BCUT2D eigenvalue weighted by molar-refractivity contribution is -0.385. The molecule has 1 aliphatic heterocycles. The van der Waals surface area contributed by atoms with Gasteiger partial charge in [0, 0.05) is 16.5 Å². The van der Waals surface area contributed by atoms with Crippen LogP contribution in [0.2, 0.25) is 0 Å². The summed E-state index contributed by atoms with van der Waals surface area (Å²) in [6, 6.07) is 11.6. The summed E-state index contributed by atoms with van der Waals surface area (Å²) in [6.45, 7) is 0. The summed E-state index contributed by atoms with van der Waals surface area (Å²) in [4.78, 5) is 10.9. The van der Waals surface area contributed by atoms with Crippen LogP contribution in [0.1, 0.15) is 29.5 Å². The number of benzene rings is 2. The summed E-state index contributed by atoms with van der Waals surface area (Å²) in [6.07, 6.45) is 5.28. The first-order chi connectivity index (χ1) is 12.1. The Morgan fingerprint density at radius 3 is 2.88 bits per heavy atom. The molecule has 0 spiro atoms. The minimum absolute atomic E-state index is 0.0670. The fourth-order valence-electron chi connectivity index (χ4n) is 3.95. The van der Waals surface area contributed by atoms with Crippen molar-refractivity contribution in [1.29, 1.82) is 0 Å². The lowest BCUT2D eigenvalue weighted by Gasteiger charge is -2.38. The summed E-state index contributed by atoms with van der Waals surface area (Å²) in [5.74, 6) is 0.991. The molecule has 3 atom stereocenters. The first kappa shape index (κ1) is 16.1. The number of methoxy groups -OCH3 is 1. The molecule has 2 aromatic rings. The summed E-state index contributed by atoms with van der Waals surface area (Å²) in [5, 5.41) is 14.9. The predicted molar refractivity (Wildman–Crippen MR) is 100 cm³/mol. The van der Waals surface area contributed by atoms with Crippen LogP contribution < -0.4 is 10.1 Å². The average molecular weight is 401 g/mol. The van der Waals surface area contributed by atoms with E-state index in [1.54, 1.807) is 13.2 Å². The van der Waals surface area contributed by atoms with Gasteiger partial charge in [-0.2, -0.15) is 0 Å². The number of anilines is 1. The van der Waals surface area contributed by atoms with Gasteiger partial charge >= 0.3 is 0 Å². The molecule has 4 rings (SSSR count). The van der Waals surface area contributed by atoms with E-state index in [0.717, 1.165) is 22.1 Å². The molecule has 0 aromatic heterocycles. The van der Waals surface area contributed by atoms with E-state index < -0.39 is 0 Å². The third-order valence-corrected chi connectivity index (χ3v) is 5.55. The second-order valence-electron chi connectivity index (χ2n) is 6.40. The third kappa shape index (κ3) is 2.70. The van der Waals surface area contributed by atoms with Crippen molar-refractivity contribution in [1.82, 2.24) is 0 Å². The van der Waals surface area contributed by atoms with Crippen LogP contribution in [0.15, 0.2) is 53.0 Å². The number of nitrogens with zero attached hydrogens (tertiary/aromatic N) is 1. The van der Waals surface area contributed by atoms with Crippen LogP contribution in [0.4, 0.5) is 11.4 Å². The van der Waals surface area contributed by atoms with E-state index in [4.69, 9.17) is 4.74 Å². The Balaban J connectivity index is 1.85. The number of rotatable bonds is 3. The number of non-ortho nitro benzene ring substituents is 1. The minimum Gasteiger partial charge on any atom is -0.494 e. The number of nitro benzene ring substituents is 1. The standard InChI is InChI=1S/C19H17BrN2O3/c1-25-17-10-13(22(23)24)9-16-14-6-3-7-15(14)18(21-19(16)17)11-4-2-5-12(20)8-11/h2-6,8-10,14-15,18,21H,7H2,1H3/t14-,15-,18+/m0/s1. The average Bonchev–Trinajstić information content (AvgIpc) is 3.10. The van der Waals surface area contributed by atoms with Gasteiger partial charge in [-0.15, -0.1) is 0 Å². The molecule has 128 valence electrons. The van der Waals surface area contributed by atoms with Gasteiger partial charge in [-0.3, -0.25) is 10.1 Å². The largest absolute Gasteiger partial charge is 0.494 e. The fourth-order valence-corrected chi connectivity index (χ4v) is 4.37. The Morgan fingerprint density at radius 2 is 2.16 bits per heavy atom. The molecule has 0 unspecified atom stereocenters. The van der Waals surface area contributed by atoms with E-state index in [2.05, 4.69) is 45.5 Å². The highest BCUT2D eigenvalue weighted by Crippen LogP contribution is 2.53. The van der Waals surface area contributed by atoms with Crippen LogP contribution >= 0.6 is 15.9 Å². The second-order valence-corrected chi connectivity index (χ2v) is 7.32. The SMILES string of the molecule is COc1cc([N+](=O)[O-])cc2c1N[C@H](c1cccc(Br)c1)[C@H]1CC=C[C@H]21. The van der Waals surface area contributed by atoms with Gasteiger partial charge < -0.3 is 10.1 Å². The smallest absolute Gasteiger partial charge is 0.273 e. The highest BCUT2D eigenvalue weighted by Gasteiger charge is 2.40. The monoisotopic (exact) mass is 400 g/mol. The summed E-state index contributed by atoms with van der Waals surface area (Å²) in [5.41, 5.74) is 3.05. The van der Waals surface area contributed by atoms with Crippen molar-refractivity contribution in [2.75, 3.05) is 12.4 Å². The predicted octanol–water partition coefficient (Wildman–Crippen LogP) is 5.19. The molecule has 0 saturated heterocycles. The lowest BCUT2D eigenvalue weighted by Crippen LogP contribution is -2.29. The molecule has 1 N–H and O–H groups in total. The van der Waals surface area contributed by atoms with Crippen LogP contribution in [0.3, 0.4) is 0 Å². The van der Waals surface area contributed by atoms with E-state index in [1.807, 2.05) is 12.1 Å². The molecule has 5 nitrogen and oxygen atoms in total. The van der Waals surface area contributed by atoms with Crippen molar-refractivity contribution in [3.05, 3.63) is 74.3 Å². The van der Waals surface area contributed by atoms with Crippen molar-refractivity contribution in [2.24, 2.45) is 5.92 Å². The molecule has 2 aromatic carbocycles. The van der Waals surface area contributed by atoms with Crippen molar-refractivity contribution in [2.45, 2.75) is 18.4 Å². The fraction of sp³-hybridized carbons (Fsp3) is 0.263. The minimum atomic E-state index is -0.364. The van der Waals surface area contributed by atoms with E-state index in [0.29, 0.717) is 11.7 Å². The maximum atomic E-state index is 11.3. The molecule has 6 heteroatoms. The third-order valence-electron chi connectivity index (χ3n) is 5.06. The number of hydrogen-bond acceptors (Lipinski definition) is 4. The zero-order valence-electron chi connectivity index (χ0n) is 13.6. The Labute approximate surface area is 154 Å². The van der Waals surface area contributed by atoms with E-state index in [-0.39, 0.29) is 22.6 Å². The highest BCUT2D eigenvalue weighted by atomic mass is 79.9. The van der Waals surface area contributed by atoms with Crippen molar-refractivity contribution >= 4 is 27.3 Å². The van der Waals surface area contributed by atoms with Crippen LogP contribution in [0.25, 0.3) is 0 Å². The Morgan fingerprint density at radius 1 is 1.32 bits per heavy atom. The van der Waals surface area contributed by atoms with Gasteiger partial charge in [-0.05, 0) is 35.6 Å². The van der Waals surface area contributed by atoms with Gasteiger partial charge in [0.2, 0.25) is 0 Å². The molecule has 0 fully saturated rings. The lowest BCUT2D eigenvalue weighted by atomic mass is 9.76. The number of allylic oxidation sites excluding steroid dienone is 2. The first-order valence-electron chi connectivity index (χ1n) is 8.13. The van der Waals surface area contributed by atoms with Crippen LogP contribution in [-0.4, -0.2) is 12.0 Å². The number of halogens is 1. The molecule has 25 heavy (non-hydrogen) atoms. The number of nitrogens with one attached hydrogen (secondary N) is 1. The topological polar surface area (TPSA) is 64.4 Å². The molecule has 1 heterocycles. The van der Waals surface area contributed by atoms with Gasteiger partial charge in [-0.25, -0.2) is 0 Å². The molecular formula is C19H17BrN2O3. The van der Waals surface area contributed by atoms with Crippen molar-refractivity contribution < 1.29 is 9.66 Å². The van der Waals surface area contributed by atoms with Gasteiger partial charge in [0.15, 0.2) is 0 Å². The Hall–Kier alpha value is -2.34. The van der Waals surface area contributed by atoms with Crippen LogP contribution in [0.5, 0.6) is 5.75 Å². The van der Waals surface area contributed by atoms with Crippen LogP contribution in [0, 0.1) is 16.0 Å². The Kier molecular flexibility index (Phi) is 4.00. The maximum Gasteiger partial charge on any atom is 0.273 e. The van der Waals surface area contributed by atoms with E-state index in [1.165, 1.54) is 11.6 Å². The molecule has 0 radical (unpaired) electrons. The van der Waals surface area contributed by atoms with Crippen molar-refractivity contribution in [3.8, 4) is 5.75 Å². The highest BCUT2D eigenvalue weighted by molar-refractivity contribution is 9.10. The van der Waals surface area contributed by atoms with Crippen LogP contribution in [-0.2, 0) is 0 Å². The van der Waals surface area contributed by atoms with Gasteiger partial charge in [0.25, 0.3) is 5.69 Å². The van der Waals surface area contributed by atoms with E-state index >= 15 is 0 Å². The Bertz CT molecular complexity index is 881. The number of hydrogen-bond donors (Lipinski definition) is 1. The second kappa shape index (κ2) is 6.19. The number of fused-ring (bicyclic) bond motifs is 3. The first-order valence-corrected chi connectivity index (χ1v) is 8.93. The quantitative estimate of drug-likeness (QED) is 0.437. The molecular weight excluding hydrogens is 384 g/mol. The molecule has 0 saturated carbocycles. The molecule has 2 aliphatic rings. The number of ether oxygens (including phenoxy) is 1. The van der Waals surface area contributed by atoms with Gasteiger partial charge in [0.1, 0.15) is 5.75 Å². The normalized spacial score (nSPS) is 23.5. The van der Waals surface area contributed by atoms with Gasteiger partial charge in [0.05, 0.1) is 29.8 Å². The molecule has 0 amide bonds. The molecule has 0 bridgehead atoms. The summed E-state index contributed by atoms with van der Waals surface area (Å²) in [7, 11) is 1.55. The van der Waals surface area contributed by atoms with Gasteiger partial charge in [-0.1, -0.05) is 40.2 Å². The zero-order valence-corrected chi connectivity index (χ0v) is 15.2. The summed E-state index contributed by atoms with van der Waals surface area (Å²) >= 11 is 3.54. The van der Waals surface area contributed by atoms with Crippen molar-refractivity contribution in [3.63, 3.8) is 0 Å². The summed E-state index contributed by atoms with van der Waals surface area (Å²) < 4.78 is 6.50. The zero-order chi connectivity index (χ0) is 17.6.